The van der Waals surface area contributed by atoms with Crippen molar-refractivity contribution in [1.82, 2.24) is 0 Å². The van der Waals surface area contributed by atoms with E-state index in [4.69, 9.17) is 14.2 Å². The van der Waals surface area contributed by atoms with Gasteiger partial charge in [-0.25, -0.2) is 4.79 Å². The van der Waals surface area contributed by atoms with Crippen molar-refractivity contribution in [2.45, 2.75) is 83.4 Å². The third kappa shape index (κ3) is 4.08. The van der Waals surface area contributed by atoms with Crippen molar-refractivity contribution in [3.8, 4) is 0 Å². The summed E-state index contributed by atoms with van der Waals surface area (Å²) in [5, 5.41) is 10.8. The second-order valence-corrected chi connectivity index (χ2v) is 8.39. The molecule has 0 aromatic carbocycles. The molecule has 1 N–H and O–H groups in total. The van der Waals surface area contributed by atoms with Gasteiger partial charge in [-0.05, 0) is 40.0 Å². The van der Waals surface area contributed by atoms with Crippen LogP contribution >= 0.6 is 0 Å². The van der Waals surface area contributed by atoms with Gasteiger partial charge in [0, 0.05) is 18.9 Å². The van der Waals surface area contributed by atoms with Crippen LogP contribution in [0.15, 0.2) is 35.5 Å². The fourth-order valence-corrected chi connectivity index (χ4v) is 4.30. The summed E-state index contributed by atoms with van der Waals surface area (Å²) in [6.45, 7) is 11.1. The summed E-state index contributed by atoms with van der Waals surface area (Å²) in [7, 11) is 0. The van der Waals surface area contributed by atoms with E-state index in [1.54, 1.807) is 0 Å². The molecular formula is C22H30O6. The summed E-state index contributed by atoms with van der Waals surface area (Å²) in [5.74, 6) is -1.42. The Hall–Kier alpha value is -1.92. The van der Waals surface area contributed by atoms with Gasteiger partial charge in [-0.15, -0.1) is 0 Å². The fourth-order valence-electron chi connectivity index (χ4n) is 4.30. The summed E-state index contributed by atoms with van der Waals surface area (Å²) in [6, 6.07) is 0. The summed E-state index contributed by atoms with van der Waals surface area (Å²) < 4.78 is 17.1. The van der Waals surface area contributed by atoms with Gasteiger partial charge in [-0.2, -0.15) is 0 Å². The third-order valence-electron chi connectivity index (χ3n) is 6.05. The molecule has 0 spiro atoms. The topological polar surface area (TPSA) is 85.4 Å². The Morgan fingerprint density at radius 1 is 1.32 bits per heavy atom. The van der Waals surface area contributed by atoms with Crippen LogP contribution < -0.4 is 0 Å². The Balaban J connectivity index is 1.94. The number of fused-ring (bicyclic) bond motifs is 3. The van der Waals surface area contributed by atoms with Crippen LogP contribution in [0.25, 0.3) is 0 Å². The van der Waals surface area contributed by atoms with Gasteiger partial charge in [0.15, 0.2) is 0 Å². The highest BCUT2D eigenvalue weighted by Gasteiger charge is 2.67. The minimum absolute atomic E-state index is 0.273. The van der Waals surface area contributed by atoms with Gasteiger partial charge in [0.2, 0.25) is 0 Å². The van der Waals surface area contributed by atoms with Crippen LogP contribution in [0.1, 0.15) is 53.4 Å². The molecule has 0 amide bonds. The van der Waals surface area contributed by atoms with E-state index in [-0.39, 0.29) is 11.5 Å². The lowest BCUT2D eigenvalue weighted by atomic mass is 9.82. The Morgan fingerprint density at radius 3 is 2.71 bits per heavy atom. The zero-order valence-corrected chi connectivity index (χ0v) is 17.1. The molecule has 154 valence electrons. The van der Waals surface area contributed by atoms with Crippen molar-refractivity contribution in [2.75, 3.05) is 0 Å². The Kier molecular flexibility index (Phi) is 5.82. The molecule has 2 saturated heterocycles. The zero-order chi connectivity index (χ0) is 20.6. The lowest BCUT2D eigenvalue weighted by Crippen LogP contribution is -2.40. The number of aliphatic hydroxyl groups excluding tert-OH is 1. The van der Waals surface area contributed by atoms with Crippen molar-refractivity contribution in [3.63, 3.8) is 0 Å². The van der Waals surface area contributed by atoms with Crippen LogP contribution in [0.3, 0.4) is 0 Å². The predicted molar refractivity (Wildman–Crippen MR) is 103 cm³/mol. The number of epoxide rings is 1. The molecule has 0 unspecified atom stereocenters. The fraction of sp³-hybridized carbons (Fsp3) is 0.636. The number of esters is 2. The molecule has 3 aliphatic rings. The standard InChI is InChI=1S/C22H30O6/c1-12-7-6-8-13(2)11-16(24)18-14(3)21(25)27-19(18)20-22(5,28-20)17(10-9-12)26-15(4)23/h8-9,16-20,24H,3,6-7,10-11H2,1-2,4-5H3/b12-9+,13-8+/t16-,17-,18-,19+,20+,22+/m1/s1. The van der Waals surface area contributed by atoms with E-state index >= 15 is 0 Å². The van der Waals surface area contributed by atoms with Crippen LogP contribution in [0.5, 0.6) is 0 Å². The van der Waals surface area contributed by atoms with E-state index in [1.165, 1.54) is 12.5 Å². The average molecular weight is 390 g/mol. The van der Waals surface area contributed by atoms with Crippen LogP contribution in [-0.2, 0) is 23.8 Å². The largest absolute Gasteiger partial charge is 0.459 e. The van der Waals surface area contributed by atoms with Gasteiger partial charge in [-0.1, -0.05) is 29.9 Å². The van der Waals surface area contributed by atoms with Gasteiger partial charge in [0.1, 0.15) is 23.9 Å². The summed E-state index contributed by atoms with van der Waals surface area (Å²) in [5.41, 5.74) is 1.78. The lowest BCUT2D eigenvalue weighted by Gasteiger charge is -2.25. The second kappa shape index (κ2) is 7.84. The van der Waals surface area contributed by atoms with Crippen molar-refractivity contribution in [2.24, 2.45) is 5.92 Å². The van der Waals surface area contributed by atoms with Crippen molar-refractivity contribution < 1.29 is 28.9 Å². The van der Waals surface area contributed by atoms with Gasteiger partial charge in [0.25, 0.3) is 0 Å². The van der Waals surface area contributed by atoms with E-state index in [9.17, 15) is 14.7 Å². The number of ether oxygens (including phenoxy) is 3. The number of hydrogen-bond acceptors (Lipinski definition) is 6. The van der Waals surface area contributed by atoms with Gasteiger partial charge in [-0.3, -0.25) is 4.79 Å². The second-order valence-electron chi connectivity index (χ2n) is 8.39. The predicted octanol–water partition coefficient (Wildman–Crippen LogP) is 3.00. The van der Waals surface area contributed by atoms with E-state index in [2.05, 4.69) is 25.7 Å². The smallest absolute Gasteiger partial charge is 0.334 e. The van der Waals surface area contributed by atoms with Gasteiger partial charge in [0.05, 0.1) is 12.0 Å². The normalized spacial score (nSPS) is 42.7. The van der Waals surface area contributed by atoms with Crippen LogP contribution in [0, 0.1) is 5.92 Å². The molecule has 0 saturated carbocycles. The minimum atomic E-state index is -0.791. The molecule has 0 radical (unpaired) electrons. The molecule has 6 nitrogen and oxygen atoms in total. The molecule has 1 aliphatic carbocycles. The molecule has 3 rings (SSSR count). The van der Waals surface area contributed by atoms with Crippen LogP contribution in [-0.4, -0.2) is 47.1 Å². The number of carbonyl (C=O) groups excluding carboxylic acids is 2. The molecule has 2 heterocycles. The molecule has 0 aromatic heterocycles. The highest BCUT2D eigenvalue weighted by atomic mass is 16.7. The average Bonchev–Trinajstić information content (AvgIpc) is 3.20. The Bertz CT molecular complexity index is 735. The maximum atomic E-state index is 12.2. The minimum Gasteiger partial charge on any atom is -0.459 e. The maximum Gasteiger partial charge on any atom is 0.334 e. The lowest BCUT2D eigenvalue weighted by molar-refractivity contribution is -0.149. The molecule has 2 fully saturated rings. The first-order valence-corrected chi connectivity index (χ1v) is 9.87. The number of carbonyl (C=O) groups is 2. The van der Waals surface area contributed by atoms with Gasteiger partial charge < -0.3 is 19.3 Å². The number of aliphatic hydroxyl groups is 1. The summed E-state index contributed by atoms with van der Waals surface area (Å²) >= 11 is 0. The molecular weight excluding hydrogens is 360 g/mol. The molecule has 6 atom stereocenters. The van der Waals surface area contributed by atoms with Crippen molar-refractivity contribution in [1.29, 1.82) is 0 Å². The SMILES string of the molecule is C=C1C(=O)O[C@H]2[C@H]1[C@H](O)C/C(C)=C/CC/C(C)=C/C[C@@H](OC(C)=O)[C@]1(C)O[C@@H]21. The van der Waals surface area contributed by atoms with E-state index in [1.807, 2.05) is 13.8 Å². The van der Waals surface area contributed by atoms with E-state index < -0.39 is 41.9 Å². The molecule has 6 heteroatoms. The highest BCUT2D eigenvalue weighted by molar-refractivity contribution is 5.91. The Morgan fingerprint density at radius 2 is 2.04 bits per heavy atom. The number of rotatable bonds is 1. The van der Waals surface area contributed by atoms with Crippen LogP contribution in [0.2, 0.25) is 0 Å². The van der Waals surface area contributed by atoms with Crippen molar-refractivity contribution in [3.05, 3.63) is 35.5 Å². The van der Waals surface area contributed by atoms with E-state index in [0.717, 1.165) is 18.4 Å². The molecule has 0 bridgehead atoms. The molecule has 28 heavy (non-hydrogen) atoms. The number of allylic oxidation sites excluding steroid dienone is 2. The Labute approximate surface area is 166 Å². The highest BCUT2D eigenvalue weighted by Crippen LogP contribution is 2.50. The van der Waals surface area contributed by atoms with Gasteiger partial charge >= 0.3 is 11.9 Å². The number of hydrogen-bond donors (Lipinski definition) is 1. The van der Waals surface area contributed by atoms with Crippen LogP contribution in [0.4, 0.5) is 0 Å². The first-order valence-electron chi connectivity index (χ1n) is 9.87. The first kappa shape index (κ1) is 20.8. The first-order chi connectivity index (χ1) is 13.1. The molecule has 0 aromatic rings. The maximum absolute atomic E-state index is 12.2. The monoisotopic (exact) mass is 390 g/mol. The summed E-state index contributed by atoms with van der Waals surface area (Å²) in [6.07, 6.45) is 4.53. The van der Waals surface area contributed by atoms with E-state index in [0.29, 0.717) is 12.8 Å². The third-order valence-corrected chi connectivity index (χ3v) is 6.05. The van der Waals surface area contributed by atoms with Crippen molar-refractivity contribution >= 4 is 11.9 Å². The molecule has 2 aliphatic heterocycles. The summed E-state index contributed by atoms with van der Waals surface area (Å²) in [4.78, 5) is 23.8. The quantitative estimate of drug-likeness (QED) is 0.321. The zero-order valence-electron chi connectivity index (χ0n) is 17.1.